The summed E-state index contributed by atoms with van der Waals surface area (Å²) in [5.74, 6) is 1.96. The summed E-state index contributed by atoms with van der Waals surface area (Å²) in [6.45, 7) is 1.97. The van der Waals surface area contributed by atoms with Gasteiger partial charge in [-0.2, -0.15) is 0 Å². The zero-order valence-corrected chi connectivity index (χ0v) is 18.0. The Hall–Kier alpha value is -2.76. The molecule has 0 fully saturated rings. The molecule has 0 spiro atoms. The van der Waals surface area contributed by atoms with E-state index in [0.717, 1.165) is 36.4 Å². The maximum atomic E-state index is 13.0. The maximum Gasteiger partial charge on any atom is 0.161 e. The van der Waals surface area contributed by atoms with Gasteiger partial charge in [0.15, 0.2) is 11.5 Å². The molecular weight excluding hydrogens is 405 g/mol. The van der Waals surface area contributed by atoms with E-state index in [-0.39, 0.29) is 18.2 Å². The Morgan fingerprint density at radius 1 is 0.767 bits per heavy atom. The van der Waals surface area contributed by atoms with Crippen LogP contribution in [-0.4, -0.2) is 20.8 Å². The van der Waals surface area contributed by atoms with E-state index < -0.39 is 0 Å². The van der Waals surface area contributed by atoms with Gasteiger partial charge in [-0.3, -0.25) is 0 Å². The Balaban J connectivity index is 0.00000320. The first-order chi connectivity index (χ1) is 14.2. The van der Waals surface area contributed by atoms with E-state index in [1.165, 1.54) is 17.7 Å². The fourth-order valence-electron chi connectivity index (χ4n) is 2.94. The van der Waals surface area contributed by atoms with Crippen LogP contribution in [0.3, 0.4) is 0 Å². The molecule has 0 unspecified atom stereocenters. The summed E-state index contributed by atoms with van der Waals surface area (Å²) in [6.07, 6.45) is 0.944. The molecule has 0 amide bonds. The third-order valence-corrected chi connectivity index (χ3v) is 4.61. The lowest BCUT2D eigenvalue weighted by molar-refractivity contribution is 0.284. The SMILES string of the molecule is COc1ccc(CCNCc2ccc(OCc3ccc(F)cc3)c(OC)c2)cc1.Cl. The number of halogens is 2. The number of benzene rings is 3. The predicted molar refractivity (Wildman–Crippen MR) is 119 cm³/mol. The highest BCUT2D eigenvalue weighted by Crippen LogP contribution is 2.29. The van der Waals surface area contributed by atoms with Crippen molar-refractivity contribution in [3.63, 3.8) is 0 Å². The quantitative estimate of drug-likeness (QED) is 0.449. The lowest BCUT2D eigenvalue weighted by atomic mass is 10.1. The van der Waals surface area contributed by atoms with Crippen molar-refractivity contribution >= 4 is 12.4 Å². The molecule has 0 saturated heterocycles. The summed E-state index contributed by atoms with van der Waals surface area (Å²) in [6, 6.07) is 20.3. The zero-order valence-electron chi connectivity index (χ0n) is 17.2. The average molecular weight is 432 g/mol. The van der Waals surface area contributed by atoms with Gasteiger partial charge in [0, 0.05) is 6.54 Å². The number of hydrogen-bond donors (Lipinski definition) is 1. The molecule has 4 nitrogen and oxygen atoms in total. The minimum Gasteiger partial charge on any atom is -0.497 e. The fraction of sp³-hybridized carbons (Fsp3) is 0.250. The predicted octanol–water partition coefficient (Wildman–Crippen LogP) is 5.18. The monoisotopic (exact) mass is 431 g/mol. The summed E-state index contributed by atoms with van der Waals surface area (Å²) in [5, 5.41) is 3.45. The van der Waals surface area contributed by atoms with Crippen LogP contribution in [0, 0.1) is 5.82 Å². The van der Waals surface area contributed by atoms with Gasteiger partial charge in [-0.05, 0) is 66.1 Å². The first kappa shape index (κ1) is 23.5. The molecule has 0 heterocycles. The molecule has 3 aromatic rings. The van der Waals surface area contributed by atoms with Gasteiger partial charge < -0.3 is 19.5 Å². The van der Waals surface area contributed by atoms with Crippen LogP contribution in [0.5, 0.6) is 17.2 Å². The Kier molecular flexibility index (Phi) is 9.45. The third kappa shape index (κ3) is 6.94. The van der Waals surface area contributed by atoms with Crippen molar-refractivity contribution in [3.8, 4) is 17.2 Å². The first-order valence-electron chi connectivity index (χ1n) is 9.56. The van der Waals surface area contributed by atoms with Gasteiger partial charge in [0.05, 0.1) is 14.2 Å². The molecule has 0 bridgehead atoms. The van der Waals surface area contributed by atoms with Gasteiger partial charge in [0.1, 0.15) is 18.2 Å². The molecule has 30 heavy (non-hydrogen) atoms. The van der Waals surface area contributed by atoms with Gasteiger partial charge in [0.2, 0.25) is 0 Å². The minimum atomic E-state index is -0.254. The molecule has 0 radical (unpaired) electrons. The topological polar surface area (TPSA) is 39.7 Å². The Morgan fingerprint density at radius 3 is 2.10 bits per heavy atom. The second kappa shape index (κ2) is 12.1. The number of ether oxygens (including phenoxy) is 3. The summed E-state index contributed by atoms with van der Waals surface area (Å²) >= 11 is 0. The van der Waals surface area contributed by atoms with Crippen LogP contribution in [0.4, 0.5) is 4.39 Å². The minimum absolute atomic E-state index is 0. The summed E-state index contributed by atoms with van der Waals surface area (Å²) in [5.41, 5.74) is 3.28. The zero-order chi connectivity index (χ0) is 20.5. The lowest BCUT2D eigenvalue weighted by Crippen LogP contribution is -2.16. The normalized spacial score (nSPS) is 10.2. The fourth-order valence-corrected chi connectivity index (χ4v) is 2.94. The van der Waals surface area contributed by atoms with Gasteiger partial charge in [0.25, 0.3) is 0 Å². The summed E-state index contributed by atoms with van der Waals surface area (Å²) in [7, 11) is 3.30. The van der Waals surface area contributed by atoms with E-state index >= 15 is 0 Å². The molecule has 6 heteroatoms. The molecule has 160 valence electrons. The average Bonchev–Trinajstić information content (AvgIpc) is 2.77. The van der Waals surface area contributed by atoms with Gasteiger partial charge >= 0.3 is 0 Å². The van der Waals surface area contributed by atoms with Crippen molar-refractivity contribution < 1.29 is 18.6 Å². The number of nitrogens with one attached hydrogen (secondary N) is 1. The molecule has 1 N–H and O–H groups in total. The van der Waals surface area contributed by atoms with Crippen LogP contribution in [0.1, 0.15) is 16.7 Å². The van der Waals surface area contributed by atoms with Crippen molar-refractivity contribution in [2.24, 2.45) is 0 Å². The number of rotatable bonds is 10. The molecule has 0 atom stereocenters. The van der Waals surface area contributed by atoms with E-state index in [2.05, 4.69) is 17.4 Å². The molecule has 0 aromatic heterocycles. The van der Waals surface area contributed by atoms with Crippen molar-refractivity contribution in [2.75, 3.05) is 20.8 Å². The van der Waals surface area contributed by atoms with Crippen LogP contribution >= 0.6 is 12.4 Å². The molecule has 0 aliphatic heterocycles. The molecule has 0 saturated carbocycles. The molecular formula is C24H27ClFNO3. The number of methoxy groups -OCH3 is 2. The van der Waals surface area contributed by atoms with Crippen LogP contribution in [0.2, 0.25) is 0 Å². The lowest BCUT2D eigenvalue weighted by Gasteiger charge is -2.13. The molecule has 0 aliphatic carbocycles. The highest BCUT2D eigenvalue weighted by Gasteiger charge is 2.07. The first-order valence-corrected chi connectivity index (χ1v) is 9.56. The largest absolute Gasteiger partial charge is 0.497 e. The van der Waals surface area contributed by atoms with Gasteiger partial charge in [-0.15, -0.1) is 12.4 Å². The summed E-state index contributed by atoms with van der Waals surface area (Å²) < 4.78 is 29.5. The van der Waals surface area contributed by atoms with Crippen molar-refractivity contribution in [2.45, 2.75) is 19.6 Å². The highest BCUT2D eigenvalue weighted by molar-refractivity contribution is 5.85. The van der Waals surface area contributed by atoms with Gasteiger partial charge in [-0.25, -0.2) is 4.39 Å². The van der Waals surface area contributed by atoms with Gasteiger partial charge in [-0.1, -0.05) is 30.3 Å². The third-order valence-electron chi connectivity index (χ3n) is 4.61. The maximum absolute atomic E-state index is 13.0. The second-order valence-electron chi connectivity index (χ2n) is 6.68. The Bertz CT molecular complexity index is 901. The van der Waals surface area contributed by atoms with Crippen molar-refractivity contribution in [3.05, 3.63) is 89.2 Å². The van der Waals surface area contributed by atoms with E-state index in [0.29, 0.717) is 18.1 Å². The van der Waals surface area contributed by atoms with E-state index in [1.54, 1.807) is 26.4 Å². The van der Waals surface area contributed by atoms with Crippen molar-refractivity contribution in [1.82, 2.24) is 5.32 Å². The number of hydrogen-bond acceptors (Lipinski definition) is 4. The molecule has 3 aromatic carbocycles. The van der Waals surface area contributed by atoms with Crippen LogP contribution in [0.15, 0.2) is 66.7 Å². The summed E-state index contributed by atoms with van der Waals surface area (Å²) in [4.78, 5) is 0. The van der Waals surface area contributed by atoms with Crippen LogP contribution in [0.25, 0.3) is 0 Å². The van der Waals surface area contributed by atoms with E-state index in [1.807, 2.05) is 30.3 Å². The standard InChI is InChI=1S/C24H26FNO3.ClH/c1-27-22-10-5-18(6-11-22)13-14-26-16-20-7-12-23(24(15-20)28-2)29-17-19-3-8-21(25)9-4-19;/h3-12,15,26H,13-14,16-17H2,1-2H3;1H. The highest BCUT2D eigenvalue weighted by atomic mass is 35.5. The Labute approximate surface area is 183 Å². The molecule has 3 rings (SSSR count). The van der Waals surface area contributed by atoms with Crippen molar-refractivity contribution in [1.29, 1.82) is 0 Å². The van der Waals surface area contributed by atoms with Crippen LogP contribution in [-0.2, 0) is 19.6 Å². The van der Waals surface area contributed by atoms with E-state index in [9.17, 15) is 4.39 Å². The Morgan fingerprint density at radius 2 is 1.43 bits per heavy atom. The van der Waals surface area contributed by atoms with Crippen LogP contribution < -0.4 is 19.5 Å². The van der Waals surface area contributed by atoms with E-state index in [4.69, 9.17) is 14.2 Å². The smallest absolute Gasteiger partial charge is 0.161 e. The molecule has 0 aliphatic rings. The second-order valence-corrected chi connectivity index (χ2v) is 6.68.